The minimum absolute atomic E-state index is 0.415. The summed E-state index contributed by atoms with van der Waals surface area (Å²) in [6.45, 7) is 3.14. The SMILES string of the molecule is Nc1nc(C2CCNC2)nc2c1COC2. The van der Waals surface area contributed by atoms with E-state index in [1.807, 2.05) is 0 Å². The zero-order valence-electron chi connectivity index (χ0n) is 8.49. The largest absolute Gasteiger partial charge is 0.383 e. The summed E-state index contributed by atoms with van der Waals surface area (Å²) in [5, 5.41) is 3.31. The molecule has 1 saturated heterocycles. The fourth-order valence-corrected chi connectivity index (χ4v) is 2.15. The van der Waals surface area contributed by atoms with E-state index in [0.717, 1.165) is 36.6 Å². The molecule has 5 nitrogen and oxygen atoms in total. The first-order chi connectivity index (χ1) is 7.34. The first-order valence-corrected chi connectivity index (χ1v) is 5.28. The molecule has 0 aromatic carbocycles. The van der Waals surface area contributed by atoms with Gasteiger partial charge in [-0.1, -0.05) is 0 Å². The van der Waals surface area contributed by atoms with Crippen molar-refractivity contribution in [2.75, 3.05) is 18.8 Å². The van der Waals surface area contributed by atoms with E-state index in [9.17, 15) is 0 Å². The topological polar surface area (TPSA) is 73.1 Å². The van der Waals surface area contributed by atoms with Gasteiger partial charge in [-0.2, -0.15) is 0 Å². The van der Waals surface area contributed by atoms with Crippen molar-refractivity contribution in [3.8, 4) is 0 Å². The van der Waals surface area contributed by atoms with Gasteiger partial charge >= 0.3 is 0 Å². The van der Waals surface area contributed by atoms with E-state index >= 15 is 0 Å². The summed E-state index contributed by atoms with van der Waals surface area (Å²) in [5.74, 6) is 1.89. The minimum Gasteiger partial charge on any atom is -0.383 e. The van der Waals surface area contributed by atoms with E-state index in [-0.39, 0.29) is 0 Å². The molecule has 0 aliphatic carbocycles. The Morgan fingerprint density at radius 1 is 1.33 bits per heavy atom. The van der Waals surface area contributed by atoms with Crippen molar-refractivity contribution >= 4 is 5.82 Å². The van der Waals surface area contributed by atoms with E-state index in [1.165, 1.54) is 0 Å². The molecule has 1 aromatic heterocycles. The highest BCUT2D eigenvalue weighted by molar-refractivity contribution is 5.43. The molecule has 3 N–H and O–H groups in total. The smallest absolute Gasteiger partial charge is 0.135 e. The molecule has 1 fully saturated rings. The average molecular weight is 206 g/mol. The van der Waals surface area contributed by atoms with Gasteiger partial charge < -0.3 is 15.8 Å². The average Bonchev–Trinajstić information content (AvgIpc) is 2.88. The lowest BCUT2D eigenvalue weighted by molar-refractivity contribution is 0.133. The van der Waals surface area contributed by atoms with Crippen molar-refractivity contribution in [1.29, 1.82) is 0 Å². The van der Waals surface area contributed by atoms with E-state index in [2.05, 4.69) is 15.3 Å². The molecule has 3 rings (SSSR count). The van der Waals surface area contributed by atoms with Gasteiger partial charge in [0.25, 0.3) is 0 Å². The van der Waals surface area contributed by atoms with Gasteiger partial charge in [0, 0.05) is 18.0 Å². The van der Waals surface area contributed by atoms with Crippen molar-refractivity contribution < 1.29 is 4.74 Å². The number of ether oxygens (including phenoxy) is 1. The summed E-state index contributed by atoms with van der Waals surface area (Å²) < 4.78 is 5.32. The molecule has 80 valence electrons. The van der Waals surface area contributed by atoms with Crippen LogP contribution in [0.4, 0.5) is 5.82 Å². The van der Waals surface area contributed by atoms with Crippen LogP contribution in [-0.4, -0.2) is 23.1 Å². The summed E-state index contributed by atoms with van der Waals surface area (Å²) >= 11 is 0. The zero-order chi connectivity index (χ0) is 10.3. The fourth-order valence-electron chi connectivity index (χ4n) is 2.15. The highest BCUT2D eigenvalue weighted by Gasteiger charge is 2.24. The van der Waals surface area contributed by atoms with Crippen molar-refractivity contribution in [3.05, 3.63) is 17.1 Å². The molecule has 1 aromatic rings. The van der Waals surface area contributed by atoms with E-state index in [1.54, 1.807) is 0 Å². The third-order valence-corrected chi connectivity index (χ3v) is 3.05. The molecular formula is C10H14N4O. The van der Waals surface area contributed by atoms with E-state index in [0.29, 0.717) is 24.9 Å². The number of rotatable bonds is 1. The summed E-state index contributed by atoms with van der Waals surface area (Å²) in [5.41, 5.74) is 7.84. The maximum absolute atomic E-state index is 5.89. The summed E-state index contributed by atoms with van der Waals surface area (Å²) in [4.78, 5) is 8.91. The van der Waals surface area contributed by atoms with Gasteiger partial charge in [0.05, 0.1) is 18.9 Å². The van der Waals surface area contributed by atoms with Gasteiger partial charge in [-0.25, -0.2) is 9.97 Å². The lowest BCUT2D eigenvalue weighted by Crippen LogP contribution is -2.13. The number of nitrogens with zero attached hydrogens (tertiary/aromatic N) is 2. The molecule has 3 heterocycles. The van der Waals surface area contributed by atoms with Crippen molar-refractivity contribution in [2.24, 2.45) is 0 Å². The highest BCUT2D eigenvalue weighted by atomic mass is 16.5. The minimum atomic E-state index is 0.415. The van der Waals surface area contributed by atoms with Crippen LogP contribution in [0.3, 0.4) is 0 Å². The molecule has 1 unspecified atom stereocenters. The van der Waals surface area contributed by atoms with Crippen molar-refractivity contribution in [2.45, 2.75) is 25.6 Å². The lowest BCUT2D eigenvalue weighted by atomic mass is 10.1. The number of hydrogen-bond donors (Lipinski definition) is 2. The van der Waals surface area contributed by atoms with E-state index < -0.39 is 0 Å². The van der Waals surface area contributed by atoms with Crippen LogP contribution >= 0.6 is 0 Å². The Morgan fingerprint density at radius 3 is 3.07 bits per heavy atom. The lowest BCUT2D eigenvalue weighted by Gasteiger charge is -2.09. The molecule has 5 heteroatoms. The van der Waals surface area contributed by atoms with Gasteiger partial charge in [0.15, 0.2) is 0 Å². The van der Waals surface area contributed by atoms with Gasteiger partial charge in [-0.3, -0.25) is 0 Å². The van der Waals surface area contributed by atoms with Crippen LogP contribution in [0.2, 0.25) is 0 Å². The number of fused-ring (bicyclic) bond motifs is 1. The Balaban J connectivity index is 1.99. The van der Waals surface area contributed by atoms with E-state index in [4.69, 9.17) is 10.5 Å². The first-order valence-electron chi connectivity index (χ1n) is 5.28. The number of hydrogen-bond acceptors (Lipinski definition) is 5. The Kier molecular flexibility index (Phi) is 2.07. The zero-order valence-corrected chi connectivity index (χ0v) is 8.49. The Hall–Kier alpha value is -1.20. The molecular weight excluding hydrogens is 192 g/mol. The molecule has 2 aliphatic rings. The molecule has 1 atom stereocenters. The van der Waals surface area contributed by atoms with Gasteiger partial charge in [0.2, 0.25) is 0 Å². The predicted molar refractivity (Wildman–Crippen MR) is 55.2 cm³/mol. The first kappa shape index (κ1) is 9.06. The standard InChI is InChI=1S/C10H14N4O/c11-9-7-4-15-5-8(7)13-10(14-9)6-1-2-12-3-6/h6,12H,1-5H2,(H2,11,13,14). The molecule has 15 heavy (non-hydrogen) atoms. The molecule has 0 bridgehead atoms. The molecule has 0 spiro atoms. The second-order valence-corrected chi connectivity index (χ2v) is 4.07. The van der Waals surface area contributed by atoms with Gasteiger partial charge in [0.1, 0.15) is 11.6 Å². The van der Waals surface area contributed by atoms with Crippen LogP contribution < -0.4 is 11.1 Å². The Labute approximate surface area is 88.1 Å². The third-order valence-electron chi connectivity index (χ3n) is 3.05. The normalized spacial score (nSPS) is 24.4. The number of nitrogens with two attached hydrogens (primary N) is 1. The third kappa shape index (κ3) is 1.48. The van der Waals surface area contributed by atoms with Gasteiger partial charge in [-0.15, -0.1) is 0 Å². The molecule has 0 saturated carbocycles. The maximum Gasteiger partial charge on any atom is 0.135 e. The number of nitrogens with one attached hydrogen (secondary N) is 1. The van der Waals surface area contributed by atoms with Gasteiger partial charge in [-0.05, 0) is 13.0 Å². The van der Waals surface area contributed by atoms with Crippen LogP contribution in [0, 0.1) is 0 Å². The number of anilines is 1. The second kappa shape index (κ2) is 3.43. The fraction of sp³-hybridized carbons (Fsp3) is 0.600. The van der Waals surface area contributed by atoms with Crippen LogP contribution in [0.1, 0.15) is 29.4 Å². The van der Waals surface area contributed by atoms with Crippen molar-refractivity contribution in [3.63, 3.8) is 0 Å². The van der Waals surface area contributed by atoms with Crippen LogP contribution in [0.25, 0.3) is 0 Å². The summed E-state index contributed by atoms with van der Waals surface area (Å²) in [7, 11) is 0. The molecule has 0 amide bonds. The number of aromatic nitrogens is 2. The Bertz CT molecular complexity index is 387. The number of nitrogen functional groups attached to an aromatic ring is 1. The summed E-state index contributed by atoms with van der Waals surface area (Å²) in [6.07, 6.45) is 1.10. The maximum atomic E-state index is 5.89. The summed E-state index contributed by atoms with van der Waals surface area (Å²) in [6, 6.07) is 0. The van der Waals surface area contributed by atoms with Crippen LogP contribution in [-0.2, 0) is 18.0 Å². The monoisotopic (exact) mass is 206 g/mol. The molecule has 0 radical (unpaired) electrons. The predicted octanol–water partition coefficient (Wildman–Crippen LogP) is 0.166. The van der Waals surface area contributed by atoms with Crippen LogP contribution in [0.15, 0.2) is 0 Å². The van der Waals surface area contributed by atoms with Crippen molar-refractivity contribution in [1.82, 2.24) is 15.3 Å². The molecule has 2 aliphatic heterocycles. The Morgan fingerprint density at radius 2 is 2.27 bits per heavy atom. The van der Waals surface area contributed by atoms with Crippen LogP contribution in [0.5, 0.6) is 0 Å². The quantitative estimate of drug-likeness (QED) is 0.685. The second-order valence-electron chi connectivity index (χ2n) is 4.07. The highest BCUT2D eigenvalue weighted by Crippen LogP contribution is 2.26.